The maximum Gasteiger partial charge on any atom is 0.273 e. The number of unbranched alkanes of at least 4 members (excludes halogenated alkanes) is 1. The van der Waals surface area contributed by atoms with Crippen LogP contribution in [0, 0.1) is 22.9 Å². The van der Waals surface area contributed by atoms with Crippen LogP contribution >= 0.6 is 0 Å². The molecule has 0 saturated heterocycles. The summed E-state index contributed by atoms with van der Waals surface area (Å²) in [5, 5.41) is 14.6. The van der Waals surface area contributed by atoms with Crippen molar-refractivity contribution in [2.45, 2.75) is 50.6 Å². The Morgan fingerprint density at radius 1 is 0.959 bits per heavy atom. The second-order valence-electron chi connectivity index (χ2n) is 11.4. The summed E-state index contributed by atoms with van der Waals surface area (Å²) in [5.41, 5.74) is 1.24. The van der Waals surface area contributed by atoms with Crippen molar-refractivity contribution in [1.29, 1.82) is 0 Å². The summed E-state index contributed by atoms with van der Waals surface area (Å²) >= 11 is 0. The third-order valence-electron chi connectivity index (χ3n) is 7.97. The molecule has 0 unspecified atom stereocenters. The van der Waals surface area contributed by atoms with Crippen LogP contribution in [0.1, 0.15) is 36.5 Å². The van der Waals surface area contributed by atoms with Gasteiger partial charge in [-0.25, -0.2) is 12.8 Å². The topological polar surface area (TPSA) is 139 Å². The summed E-state index contributed by atoms with van der Waals surface area (Å²) in [6, 6.07) is 23.0. The third-order valence-corrected chi connectivity index (χ3v) is 9.74. The number of rotatable bonds is 16. The van der Waals surface area contributed by atoms with Crippen molar-refractivity contribution < 1.29 is 32.1 Å². The van der Waals surface area contributed by atoms with Gasteiger partial charge in [-0.05, 0) is 66.9 Å². The van der Waals surface area contributed by atoms with Crippen LogP contribution in [0.5, 0.6) is 5.75 Å². The van der Waals surface area contributed by atoms with E-state index < -0.39 is 55.7 Å². The number of ether oxygens (including phenoxy) is 1. The normalized spacial score (nSPS) is 11.8. The fourth-order valence-corrected chi connectivity index (χ4v) is 6.63. The smallest absolute Gasteiger partial charge is 0.273 e. The lowest BCUT2D eigenvalue weighted by Crippen LogP contribution is -2.53. The quantitative estimate of drug-likeness (QED) is 0.0891. The number of halogens is 1. The molecule has 1 atom stereocenters. The highest BCUT2D eigenvalue weighted by molar-refractivity contribution is 7.92. The molecule has 0 radical (unpaired) electrons. The number of hydrogen-bond acceptors (Lipinski definition) is 7. The highest BCUT2D eigenvalue weighted by Crippen LogP contribution is 2.30. The maximum atomic E-state index is 14.5. The summed E-state index contributed by atoms with van der Waals surface area (Å²) < 4.78 is 48.5. The van der Waals surface area contributed by atoms with Crippen LogP contribution in [0.15, 0.2) is 102 Å². The minimum atomic E-state index is -4.59. The van der Waals surface area contributed by atoms with E-state index in [1.807, 2.05) is 37.3 Å². The molecule has 49 heavy (non-hydrogen) atoms. The number of sulfonamides is 1. The molecule has 4 rings (SSSR count). The first-order chi connectivity index (χ1) is 23.4. The number of amides is 2. The molecule has 2 amide bonds. The number of nitro groups is 1. The van der Waals surface area contributed by atoms with Gasteiger partial charge in [-0.15, -0.1) is 0 Å². The largest absolute Gasteiger partial charge is 0.497 e. The summed E-state index contributed by atoms with van der Waals surface area (Å²) in [6.45, 7) is 2.95. The van der Waals surface area contributed by atoms with Crippen LogP contribution in [0.2, 0.25) is 0 Å². The maximum absolute atomic E-state index is 14.5. The van der Waals surface area contributed by atoms with Crippen LogP contribution in [-0.2, 0) is 32.6 Å². The minimum absolute atomic E-state index is 0.0890. The lowest BCUT2D eigenvalue weighted by Gasteiger charge is -2.34. The van der Waals surface area contributed by atoms with Crippen LogP contribution in [0.4, 0.5) is 15.8 Å². The lowest BCUT2D eigenvalue weighted by atomic mass is 10.0. The Bertz CT molecular complexity index is 1850. The van der Waals surface area contributed by atoms with E-state index in [2.05, 4.69) is 5.32 Å². The third kappa shape index (κ3) is 9.41. The molecule has 258 valence electrons. The zero-order valence-electron chi connectivity index (χ0n) is 27.5. The molecule has 0 heterocycles. The number of nitrogens with zero attached hydrogens (tertiary/aromatic N) is 3. The van der Waals surface area contributed by atoms with Gasteiger partial charge in [-0.1, -0.05) is 61.9 Å². The Balaban J connectivity index is 1.82. The summed E-state index contributed by atoms with van der Waals surface area (Å²) in [6.07, 6.45) is 1.65. The molecule has 13 heteroatoms. The van der Waals surface area contributed by atoms with Crippen LogP contribution in [0.3, 0.4) is 0 Å². The lowest BCUT2D eigenvalue weighted by molar-refractivity contribution is -0.385. The van der Waals surface area contributed by atoms with Crippen molar-refractivity contribution in [3.8, 4) is 5.75 Å². The highest BCUT2D eigenvalue weighted by atomic mass is 32.2. The monoisotopic (exact) mass is 690 g/mol. The Hall–Kier alpha value is -5.30. The second kappa shape index (κ2) is 16.7. The van der Waals surface area contributed by atoms with Crippen molar-refractivity contribution in [2.75, 3.05) is 24.5 Å². The van der Waals surface area contributed by atoms with Crippen LogP contribution < -0.4 is 14.4 Å². The standard InChI is InChI=1S/C36H39FN4O7S/c1-4-5-21-38-36(43)34(22-27-9-7-6-8-10-27)39(24-28-12-14-29(37)15-13-28)35(42)25-40(30-16-18-31(48-3)19-17-30)49(46,47)32-20-11-26(2)33(23-32)41(44)45/h6-20,23,34H,4-5,21-22,24-25H2,1-3H3,(H,38,43)/t34-/m0/s1. The SMILES string of the molecule is CCCCNC(=O)[C@H](Cc1ccccc1)N(Cc1ccc(F)cc1)C(=O)CN(c1ccc(OC)cc1)S(=O)(=O)c1ccc(C)c([N+](=O)[O-])c1. The van der Waals surface area contributed by atoms with Crippen molar-refractivity contribution >= 4 is 33.2 Å². The van der Waals surface area contributed by atoms with Crippen molar-refractivity contribution in [3.63, 3.8) is 0 Å². The molecule has 0 fully saturated rings. The first kappa shape index (κ1) is 36.5. The summed E-state index contributed by atoms with van der Waals surface area (Å²) in [5.74, 6) is -1.20. The number of benzene rings is 4. The molecule has 4 aromatic carbocycles. The number of methoxy groups -OCH3 is 1. The van der Waals surface area contributed by atoms with Crippen LogP contribution in [-0.4, -0.2) is 56.3 Å². The molecule has 0 aromatic heterocycles. The first-order valence-electron chi connectivity index (χ1n) is 15.7. The van der Waals surface area contributed by atoms with Gasteiger partial charge < -0.3 is 15.0 Å². The zero-order chi connectivity index (χ0) is 35.6. The van der Waals surface area contributed by atoms with Crippen molar-refractivity contribution in [3.05, 3.63) is 130 Å². The zero-order valence-corrected chi connectivity index (χ0v) is 28.4. The van der Waals surface area contributed by atoms with E-state index in [1.165, 1.54) is 79.6 Å². The van der Waals surface area contributed by atoms with Gasteiger partial charge in [0, 0.05) is 31.1 Å². The van der Waals surface area contributed by atoms with E-state index in [0.717, 1.165) is 22.4 Å². The van der Waals surface area contributed by atoms with Gasteiger partial charge >= 0.3 is 0 Å². The van der Waals surface area contributed by atoms with E-state index in [9.17, 15) is 32.5 Å². The van der Waals surface area contributed by atoms with Crippen LogP contribution in [0.25, 0.3) is 0 Å². The van der Waals surface area contributed by atoms with Gasteiger partial charge in [0.15, 0.2) is 0 Å². The average molecular weight is 691 g/mol. The molecule has 0 bridgehead atoms. The molecule has 1 N–H and O–H groups in total. The molecule has 0 spiro atoms. The second-order valence-corrected chi connectivity index (χ2v) is 13.3. The van der Waals surface area contributed by atoms with E-state index in [1.54, 1.807) is 0 Å². The molecule has 0 saturated carbocycles. The molecular weight excluding hydrogens is 651 g/mol. The van der Waals surface area contributed by atoms with Gasteiger partial charge in [0.25, 0.3) is 15.7 Å². The Morgan fingerprint density at radius 2 is 1.63 bits per heavy atom. The van der Waals surface area contributed by atoms with Crippen molar-refractivity contribution in [1.82, 2.24) is 10.2 Å². The number of carbonyl (C=O) groups excluding carboxylic acids is 2. The summed E-state index contributed by atoms with van der Waals surface area (Å²) in [4.78, 5) is 40.3. The number of hydrogen-bond donors (Lipinski definition) is 1. The van der Waals surface area contributed by atoms with E-state index in [0.29, 0.717) is 24.3 Å². The number of anilines is 1. The van der Waals surface area contributed by atoms with Gasteiger partial charge in [-0.3, -0.25) is 24.0 Å². The fourth-order valence-electron chi connectivity index (χ4n) is 5.20. The number of nitrogens with one attached hydrogen (secondary N) is 1. The Labute approximate surface area is 285 Å². The predicted molar refractivity (Wildman–Crippen MR) is 184 cm³/mol. The molecule has 4 aromatic rings. The van der Waals surface area contributed by atoms with E-state index in [4.69, 9.17) is 4.74 Å². The molecule has 0 aliphatic heterocycles. The first-order valence-corrected chi connectivity index (χ1v) is 17.2. The van der Waals surface area contributed by atoms with Crippen molar-refractivity contribution in [2.24, 2.45) is 0 Å². The fraction of sp³-hybridized carbons (Fsp3) is 0.278. The minimum Gasteiger partial charge on any atom is -0.497 e. The number of aryl methyl sites for hydroxylation is 1. The van der Waals surface area contributed by atoms with Gasteiger partial charge in [-0.2, -0.15) is 0 Å². The molecule has 11 nitrogen and oxygen atoms in total. The van der Waals surface area contributed by atoms with E-state index in [-0.39, 0.29) is 24.2 Å². The average Bonchev–Trinajstić information content (AvgIpc) is 3.10. The molecule has 0 aliphatic carbocycles. The molecular formula is C36H39FN4O7S. The molecule has 0 aliphatic rings. The predicted octanol–water partition coefficient (Wildman–Crippen LogP) is 5.80. The van der Waals surface area contributed by atoms with Gasteiger partial charge in [0.1, 0.15) is 24.2 Å². The summed E-state index contributed by atoms with van der Waals surface area (Å²) in [7, 11) is -3.14. The van der Waals surface area contributed by atoms with Gasteiger partial charge in [0.2, 0.25) is 11.8 Å². The Kier molecular flexibility index (Phi) is 12.4. The highest BCUT2D eigenvalue weighted by Gasteiger charge is 2.35. The van der Waals surface area contributed by atoms with E-state index >= 15 is 0 Å². The number of carbonyl (C=O) groups is 2. The Morgan fingerprint density at radius 3 is 2.24 bits per heavy atom. The number of nitro benzene ring substituents is 1. The van der Waals surface area contributed by atoms with Gasteiger partial charge in [0.05, 0.1) is 22.6 Å².